The molecule has 2 atom stereocenters. The standard InChI is InChI=1S/C22H22N2O2/c1-2-7-17(8-3-1)22(21-16-24-13-14-25-21)26-20-11-5-4-10-19(20)18-9-6-12-23-15-18/h1-12,15,21-22,24H,13-14,16H2/t21?,22-/m0/s1. The van der Waals surface area contributed by atoms with Crippen molar-refractivity contribution in [3.8, 4) is 16.9 Å². The molecule has 0 radical (unpaired) electrons. The van der Waals surface area contributed by atoms with Gasteiger partial charge in [0.2, 0.25) is 0 Å². The number of hydrogen-bond acceptors (Lipinski definition) is 4. The lowest BCUT2D eigenvalue weighted by atomic mass is 10.0. The summed E-state index contributed by atoms with van der Waals surface area (Å²) in [5.41, 5.74) is 3.19. The monoisotopic (exact) mass is 346 g/mol. The van der Waals surface area contributed by atoms with Crippen molar-refractivity contribution >= 4 is 0 Å². The van der Waals surface area contributed by atoms with Gasteiger partial charge < -0.3 is 14.8 Å². The minimum atomic E-state index is -0.179. The van der Waals surface area contributed by atoms with Crippen LogP contribution in [0.1, 0.15) is 11.7 Å². The van der Waals surface area contributed by atoms with Gasteiger partial charge in [-0.15, -0.1) is 0 Å². The molecule has 4 nitrogen and oxygen atoms in total. The second-order valence-electron chi connectivity index (χ2n) is 6.30. The number of nitrogens with zero attached hydrogens (tertiary/aromatic N) is 1. The molecule has 0 aliphatic carbocycles. The zero-order valence-corrected chi connectivity index (χ0v) is 14.5. The van der Waals surface area contributed by atoms with Crippen LogP contribution in [0.15, 0.2) is 79.1 Å². The molecule has 1 aromatic heterocycles. The Morgan fingerprint density at radius 3 is 2.62 bits per heavy atom. The van der Waals surface area contributed by atoms with E-state index < -0.39 is 0 Å². The fraction of sp³-hybridized carbons (Fsp3) is 0.227. The molecule has 2 aromatic carbocycles. The Hall–Kier alpha value is -2.69. The number of benzene rings is 2. The van der Waals surface area contributed by atoms with E-state index in [1.54, 1.807) is 6.20 Å². The molecule has 0 spiro atoms. The first kappa shape index (κ1) is 16.8. The molecule has 1 unspecified atom stereocenters. The van der Waals surface area contributed by atoms with Crippen LogP contribution in [0.3, 0.4) is 0 Å². The average Bonchev–Trinajstić information content (AvgIpc) is 2.74. The molecule has 4 rings (SSSR count). The van der Waals surface area contributed by atoms with Crippen LogP contribution in [0, 0.1) is 0 Å². The van der Waals surface area contributed by atoms with Gasteiger partial charge in [0.25, 0.3) is 0 Å². The van der Waals surface area contributed by atoms with Gasteiger partial charge in [0, 0.05) is 36.6 Å². The van der Waals surface area contributed by atoms with E-state index in [2.05, 4.69) is 28.5 Å². The first-order valence-electron chi connectivity index (χ1n) is 8.95. The molecule has 132 valence electrons. The number of ether oxygens (including phenoxy) is 2. The molecule has 1 fully saturated rings. The van der Waals surface area contributed by atoms with E-state index in [0.29, 0.717) is 6.61 Å². The summed E-state index contributed by atoms with van der Waals surface area (Å²) in [6.45, 7) is 2.35. The fourth-order valence-corrected chi connectivity index (χ4v) is 3.25. The zero-order valence-electron chi connectivity index (χ0n) is 14.5. The van der Waals surface area contributed by atoms with Crippen molar-refractivity contribution in [3.05, 3.63) is 84.7 Å². The van der Waals surface area contributed by atoms with Gasteiger partial charge in [0.15, 0.2) is 6.10 Å². The van der Waals surface area contributed by atoms with Gasteiger partial charge in [0.1, 0.15) is 11.9 Å². The molecule has 1 saturated heterocycles. The Bertz CT molecular complexity index is 818. The van der Waals surface area contributed by atoms with Crippen molar-refractivity contribution in [1.82, 2.24) is 10.3 Å². The van der Waals surface area contributed by atoms with E-state index in [1.165, 1.54) is 0 Å². The smallest absolute Gasteiger partial charge is 0.151 e. The van der Waals surface area contributed by atoms with Gasteiger partial charge in [-0.1, -0.05) is 54.6 Å². The summed E-state index contributed by atoms with van der Waals surface area (Å²) in [6, 6.07) is 22.4. The number of para-hydroxylation sites is 1. The first-order chi connectivity index (χ1) is 12.9. The number of morpholine rings is 1. The summed E-state index contributed by atoms with van der Waals surface area (Å²) in [5.74, 6) is 0.837. The van der Waals surface area contributed by atoms with Crippen LogP contribution in [0.5, 0.6) is 5.75 Å². The van der Waals surface area contributed by atoms with Gasteiger partial charge >= 0.3 is 0 Å². The largest absolute Gasteiger partial charge is 0.482 e. The predicted molar refractivity (Wildman–Crippen MR) is 102 cm³/mol. The van der Waals surface area contributed by atoms with Crippen molar-refractivity contribution in [2.24, 2.45) is 0 Å². The SMILES string of the molecule is c1ccc([C@H](Oc2ccccc2-c2cccnc2)C2CNCCO2)cc1. The minimum absolute atomic E-state index is 0.0342. The van der Waals surface area contributed by atoms with E-state index in [-0.39, 0.29) is 12.2 Å². The topological polar surface area (TPSA) is 43.4 Å². The number of rotatable bonds is 5. The van der Waals surface area contributed by atoms with Crippen LogP contribution in [0.4, 0.5) is 0 Å². The molecule has 4 heteroatoms. The third-order valence-corrected chi connectivity index (χ3v) is 4.54. The van der Waals surface area contributed by atoms with Gasteiger partial charge in [-0.25, -0.2) is 0 Å². The van der Waals surface area contributed by atoms with Gasteiger partial charge in [0.05, 0.1) is 6.61 Å². The average molecular weight is 346 g/mol. The van der Waals surface area contributed by atoms with E-state index in [9.17, 15) is 0 Å². The maximum atomic E-state index is 6.53. The summed E-state index contributed by atoms with van der Waals surface area (Å²) in [7, 11) is 0. The second kappa shape index (κ2) is 8.13. The maximum absolute atomic E-state index is 6.53. The molecule has 0 saturated carbocycles. The molecule has 1 N–H and O–H groups in total. The minimum Gasteiger partial charge on any atom is -0.482 e. The molecule has 26 heavy (non-hydrogen) atoms. The molecule has 3 aromatic rings. The van der Waals surface area contributed by atoms with Gasteiger partial charge in [-0.3, -0.25) is 4.98 Å². The van der Waals surface area contributed by atoms with E-state index in [0.717, 1.165) is 35.5 Å². The van der Waals surface area contributed by atoms with Crippen molar-refractivity contribution in [1.29, 1.82) is 0 Å². The highest BCUT2D eigenvalue weighted by Crippen LogP contribution is 2.34. The summed E-state index contributed by atoms with van der Waals surface area (Å²) in [6.07, 6.45) is 3.43. The number of nitrogens with one attached hydrogen (secondary N) is 1. The van der Waals surface area contributed by atoms with Crippen molar-refractivity contribution in [2.75, 3.05) is 19.7 Å². The lowest BCUT2D eigenvalue weighted by Crippen LogP contribution is -2.43. The number of pyridine rings is 1. The van der Waals surface area contributed by atoms with Crippen molar-refractivity contribution in [2.45, 2.75) is 12.2 Å². The Morgan fingerprint density at radius 2 is 1.85 bits per heavy atom. The normalized spacial score (nSPS) is 18.2. The fourth-order valence-electron chi connectivity index (χ4n) is 3.25. The zero-order chi connectivity index (χ0) is 17.6. The van der Waals surface area contributed by atoms with Crippen LogP contribution in [-0.2, 0) is 4.74 Å². The molecular formula is C22H22N2O2. The summed E-state index contributed by atoms with van der Waals surface area (Å²) in [4.78, 5) is 4.24. The van der Waals surface area contributed by atoms with Crippen LogP contribution in [0.2, 0.25) is 0 Å². The lowest BCUT2D eigenvalue weighted by Gasteiger charge is -2.32. The quantitative estimate of drug-likeness (QED) is 0.762. The first-order valence-corrected chi connectivity index (χ1v) is 8.95. The Balaban J connectivity index is 1.68. The Morgan fingerprint density at radius 1 is 1.00 bits per heavy atom. The molecule has 2 heterocycles. The van der Waals surface area contributed by atoms with Crippen molar-refractivity contribution in [3.63, 3.8) is 0 Å². The predicted octanol–water partition coefficient (Wildman–Crippen LogP) is 3.86. The Kier molecular flexibility index (Phi) is 5.24. The van der Waals surface area contributed by atoms with Crippen LogP contribution in [-0.4, -0.2) is 30.8 Å². The summed E-state index contributed by atoms with van der Waals surface area (Å²) < 4.78 is 12.5. The highest BCUT2D eigenvalue weighted by atomic mass is 16.5. The summed E-state index contributed by atoms with van der Waals surface area (Å²) in [5, 5.41) is 3.40. The van der Waals surface area contributed by atoms with Gasteiger partial charge in [-0.2, -0.15) is 0 Å². The highest BCUT2D eigenvalue weighted by Gasteiger charge is 2.28. The molecule has 1 aliphatic rings. The molecule has 1 aliphatic heterocycles. The highest BCUT2D eigenvalue weighted by molar-refractivity contribution is 5.69. The molecular weight excluding hydrogens is 324 g/mol. The third-order valence-electron chi connectivity index (χ3n) is 4.54. The van der Waals surface area contributed by atoms with E-state index in [1.807, 2.05) is 54.7 Å². The second-order valence-corrected chi connectivity index (χ2v) is 6.30. The number of hydrogen-bond donors (Lipinski definition) is 1. The Labute approximate surface area is 153 Å². The molecule has 0 bridgehead atoms. The van der Waals surface area contributed by atoms with Crippen LogP contribution < -0.4 is 10.1 Å². The number of aromatic nitrogens is 1. The third kappa shape index (κ3) is 3.77. The summed E-state index contributed by atoms with van der Waals surface area (Å²) >= 11 is 0. The van der Waals surface area contributed by atoms with Crippen molar-refractivity contribution < 1.29 is 9.47 Å². The van der Waals surface area contributed by atoms with Crippen LogP contribution >= 0.6 is 0 Å². The maximum Gasteiger partial charge on any atom is 0.151 e. The van der Waals surface area contributed by atoms with Gasteiger partial charge in [-0.05, 0) is 17.7 Å². The van der Waals surface area contributed by atoms with Crippen LogP contribution in [0.25, 0.3) is 11.1 Å². The van der Waals surface area contributed by atoms with E-state index >= 15 is 0 Å². The van der Waals surface area contributed by atoms with E-state index in [4.69, 9.17) is 9.47 Å². The lowest BCUT2D eigenvalue weighted by molar-refractivity contribution is -0.0430. The molecule has 0 amide bonds.